The van der Waals surface area contributed by atoms with Crippen molar-refractivity contribution in [3.8, 4) is 0 Å². The van der Waals surface area contributed by atoms with E-state index in [4.69, 9.17) is 0 Å². The number of rotatable bonds is 6. The minimum absolute atomic E-state index is 0.114. The van der Waals surface area contributed by atoms with Crippen LogP contribution in [-0.2, 0) is 4.79 Å². The van der Waals surface area contributed by atoms with Crippen LogP contribution < -0.4 is 5.32 Å². The lowest BCUT2D eigenvalue weighted by Gasteiger charge is -2.24. The molecule has 0 aliphatic heterocycles. The van der Waals surface area contributed by atoms with Crippen LogP contribution >= 0.6 is 23.1 Å². The summed E-state index contributed by atoms with van der Waals surface area (Å²) in [5.74, 6) is 0.636. The van der Waals surface area contributed by atoms with Gasteiger partial charge in [-0.15, -0.1) is 23.1 Å². The molecule has 19 heavy (non-hydrogen) atoms. The lowest BCUT2D eigenvalue weighted by atomic mass is 10.2. The Labute approximate surface area is 124 Å². The third-order valence-electron chi connectivity index (χ3n) is 2.62. The van der Waals surface area contributed by atoms with Crippen LogP contribution in [0.25, 0.3) is 0 Å². The van der Waals surface area contributed by atoms with Gasteiger partial charge in [0.25, 0.3) is 0 Å². The zero-order chi connectivity index (χ0) is 14.5. The molecule has 0 aromatic carbocycles. The summed E-state index contributed by atoms with van der Waals surface area (Å²) in [6.45, 7) is 7.04. The van der Waals surface area contributed by atoms with Crippen molar-refractivity contribution in [2.75, 3.05) is 26.4 Å². The fourth-order valence-corrected chi connectivity index (χ4v) is 3.15. The van der Waals surface area contributed by atoms with E-state index in [1.54, 1.807) is 23.1 Å². The fraction of sp³-hybridized carbons (Fsp3) is 0.643. The van der Waals surface area contributed by atoms with Gasteiger partial charge in [-0.1, -0.05) is 26.8 Å². The van der Waals surface area contributed by atoms with E-state index in [9.17, 15) is 4.79 Å². The van der Waals surface area contributed by atoms with E-state index >= 15 is 0 Å². The Hall–Kier alpha value is -0.520. The normalized spacial score (nSPS) is 13.6. The number of nitrogens with zero attached hydrogens (tertiary/aromatic N) is 1. The minimum atomic E-state index is 0.114. The van der Waals surface area contributed by atoms with Gasteiger partial charge >= 0.3 is 0 Å². The molecule has 0 saturated carbocycles. The molecule has 1 aromatic rings. The van der Waals surface area contributed by atoms with Crippen molar-refractivity contribution >= 4 is 29.0 Å². The van der Waals surface area contributed by atoms with Crippen molar-refractivity contribution < 1.29 is 4.79 Å². The summed E-state index contributed by atoms with van der Waals surface area (Å²) in [4.78, 5) is 15.3. The molecule has 0 fully saturated rings. The Kier molecular flexibility index (Phi) is 6.36. The molecular formula is C14H24N2OS2. The number of hydrogen-bond acceptors (Lipinski definition) is 4. The summed E-state index contributed by atoms with van der Waals surface area (Å²) in [5.41, 5.74) is 0. The second kappa shape index (κ2) is 7.31. The van der Waals surface area contributed by atoms with Crippen LogP contribution in [0.15, 0.2) is 17.5 Å². The average Bonchev–Trinajstić information content (AvgIpc) is 2.78. The molecule has 1 atom stereocenters. The Balaban J connectivity index is 2.43. The Morgan fingerprint density at radius 1 is 1.47 bits per heavy atom. The largest absolute Gasteiger partial charge is 0.353 e. The van der Waals surface area contributed by atoms with E-state index in [2.05, 4.69) is 42.4 Å². The van der Waals surface area contributed by atoms with E-state index < -0.39 is 0 Å². The molecule has 1 N–H and O–H groups in total. The molecule has 1 heterocycles. The molecule has 1 rings (SSSR count). The predicted molar refractivity (Wildman–Crippen MR) is 86.0 cm³/mol. The van der Waals surface area contributed by atoms with Gasteiger partial charge in [0.1, 0.15) is 0 Å². The van der Waals surface area contributed by atoms with Gasteiger partial charge in [-0.2, -0.15) is 0 Å². The Morgan fingerprint density at radius 2 is 2.16 bits per heavy atom. The molecule has 3 nitrogen and oxygen atoms in total. The Morgan fingerprint density at radius 3 is 2.63 bits per heavy atom. The second-order valence-electron chi connectivity index (χ2n) is 5.70. The molecule has 0 saturated heterocycles. The first-order chi connectivity index (χ1) is 8.79. The van der Waals surface area contributed by atoms with Crippen LogP contribution in [-0.4, -0.2) is 41.9 Å². The van der Waals surface area contributed by atoms with Gasteiger partial charge in [-0.05, 0) is 25.5 Å². The summed E-state index contributed by atoms with van der Waals surface area (Å²) in [6.07, 6.45) is 0. The topological polar surface area (TPSA) is 32.3 Å². The molecule has 1 amide bonds. The zero-order valence-electron chi connectivity index (χ0n) is 12.4. The lowest BCUT2D eigenvalue weighted by molar-refractivity contribution is -0.118. The molecule has 0 aliphatic carbocycles. The van der Waals surface area contributed by atoms with Crippen molar-refractivity contribution in [3.05, 3.63) is 22.4 Å². The van der Waals surface area contributed by atoms with Crippen molar-refractivity contribution in [2.45, 2.75) is 31.6 Å². The van der Waals surface area contributed by atoms with E-state index in [0.29, 0.717) is 12.3 Å². The fourth-order valence-electron chi connectivity index (χ4n) is 1.56. The highest BCUT2D eigenvalue weighted by molar-refractivity contribution is 8.01. The zero-order valence-corrected chi connectivity index (χ0v) is 14.0. The third-order valence-corrected chi connectivity index (χ3v) is 4.87. The first kappa shape index (κ1) is 16.5. The number of carbonyl (C=O) groups is 1. The summed E-state index contributed by atoms with van der Waals surface area (Å²) in [7, 11) is 4.08. The first-order valence-corrected chi connectivity index (χ1v) is 8.26. The van der Waals surface area contributed by atoms with Crippen molar-refractivity contribution in [2.24, 2.45) is 0 Å². The molecule has 0 bridgehead atoms. The smallest absolute Gasteiger partial charge is 0.230 e. The molecule has 1 aromatic heterocycles. The number of thioether (sulfide) groups is 1. The molecule has 0 spiro atoms. The quantitative estimate of drug-likeness (QED) is 0.876. The second-order valence-corrected chi connectivity index (χ2v) is 8.48. The maximum Gasteiger partial charge on any atom is 0.230 e. The van der Waals surface area contributed by atoms with Gasteiger partial charge in [0, 0.05) is 16.2 Å². The lowest BCUT2D eigenvalue weighted by Crippen LogP contribution is -2.35. The number of hydrogen-bond donors (Lipinski definition) is 1. The van der Waals surface area contributed by atoms with Crippen LogP contribution in [0.3, 0.4) is 0 Å². The number of thiophene rings is 1. The summed E-state index contributed by atoms with van der Waals surface area (Å²) >= 11 is 3.41. The molecular weight excluding hydrogens is 276 g/mol. The number of carbonyl (C=O) groups excluding carboxylic acids is 1. The first-order valence-electron chi connectivity index (χ1n) is 6.40. The highest BCUT2D eigenvalue weighted by atomic mass is 32.2. The number of likely N-dealkylation sites (N-methyl/N-ethyl adjacent to an activating group) is 1. The van der Waals surface area contributed by atoms with Crippen molar-refractivity contribution in [1.29, 1.82) is 0 Å². The van der Waals surface area contributed by atoms with Gasteiger partial charge in [0.05, 0.1) is 11.8 Å². The minimum Gasteiger partial charge on any atom is -0.353 e. The standard InChI is InChI=1S/C14H24N2OS2/c1-14(2,3)19-10-13(17)15-9-11(16(4)5)12-7-6-8-18-12/h6-8,11H,9-10H2,1-5H3,(H,15,17). The van der Waals surface area contributed by atoms with E-state index in [1.807, 2.05) is 20.2 Å². The van der Waals surface area contributed by atoms with Crippen LogP contribution in [0, 0.1) is 0 Å². The molecule has 0 aliphatic rings. The third kappa shape index (κ3) is 6.45. The molecule has 1 unspecified atom stereocenters. The van der Waals surface area contributed by atoms with E-state index in [1.165, 1.54) is 4.88 Å². The van der Waals surface area contributed by atoms with E-state index in [-0.39, 0.29) is 16.7 Å². The van der Waals surface area contributed by atoms with E-state index in [0.717, 1.165) is 0 Å². The summed E-state index contributed by atoms with van der Waals surface area (Å²) in [5, 5.41) is 5.10. The molecule has 5 heteroatoms. The maximum atomic E-state index is 11.8. The van der Waals surface area contributed by atoms with Crippen LogP contribution in [0.4, 0.5) is 0 Å². The van der Waals surface area contributed by atoms with Gasteiger partial charge in [0.15, 0.2) is 0 Å². The monoisotopic (exact) mass is 300 g/mol. The average molecular weight is 300 g/mol. The summed E-state index contributed by atoms with van der Waals surface area (Å²) in [6, 6.07) is 4.42. The predicted octanol–water partition coefficient (Wildman–Crippen LogP) is 3.00. The van der Waals surface area contributed by atoms with Gasteiger partial charge in [-0.3, -0.25) is 4.79 Å². The van der Waals surface area contributed by atoms with Crippen LogP contribution in [0.2, 0.25) is 0 Å². The SMILES string of the molecule is CN(C)C(CNC(=O)CSC(C)(C)C)c1cccs1. The van der Waals surface area contributed by atoms with Crippen LogP contribution in [0.1, 0.15) is 31.7 Å². The number of amides is 1. The maximum absolute atomic E-state index is 11.8. The highest BCUT2D eigenvalue weighted by Crippen LogP contribution is 2.24. The van der Waals surface area contributed by atoms with Gasteiger partial charge in [-0.25, -0.2) is 0 Å². The van der Waals surface area contributed by atoms with Gasteiger partial charge in [0.2, 0.25) is 5.91 Å². The van der Waals surface area contributed by atoms with Crippen molar-refractivity contribution in [1.82, 2.24) is 10.2 Å². The summed E-state index contributed by atoms with van der Waals surface area (Å²) < 4.78 is 0.131. The van der Waals surface area contributed by atoms with Crippen LogP contribution in [0.5, 0.6) is 0 Å². The highest BCUT2D eigenvalue weighted by Gasteiger charge is 2.17. The number of nitrogens with one attached hydrogen (secondary N) is 1. The Bertz CT molecular complexity index is 383. The molecule has 108 valence electrons. The molecule has 0 radical (unpaired) electrons. The van der Waals surface area contributed by atoms with Gasteiger partial charge < -0.3 is 10.2 Å². The van der Waals surface area contributed by atoms with Crippen molar-refractivity contribution in [3.63, 3.8) is 0 Å².